The van der Waals surface area contributed by atoms with Crippen molar-refractivity contribution >= 4 is 15.8 Å². The molecular formula is C7H10N2O3S. The van der Waals surface area contributed by atoms with Crippen LogP contribution in [0.25, 0.3) is 0 Å². The van der Waals surface area contributed by atoms with Crippen LogP contribution in [0.1, 0.15) is 11.4 Å². The Bertz CT molecular complexity index is 416. The lowest BCUT2D eigenvalue weighted by Crippen LogP contribution is -2.07. The highest BCUT2D eigenvalue weighted by Gasteiger charge is 2.18. The van der Waals surface area contributed by atoms with Crippen molar-refractivity contribution in [3.05, 3.63) is 17.5 Å². The molecule has 0 bridgehead atoms. The first-order valence-electron chi connectivity index (χ1n) is 3.53. The minimum atomic E-state index is -4.27. The highest BCUT2D eigenvalue weighted by Crippen LogP contribution is 2.21. The van der Waals surface area contributed by atoms with Gasteiger partial charge in [0.1, 0.15) is 4.90 Å². The highest BCUT2D eigenvalue weighted by atomic mass is 32.2. The zero-order valence-electron chi connectivity index (χ0n) is 7.27. The molecule has 0 atom stereocenters. The molecule has 13 heavy (non-hydrogen) atoms. The number of aryl methyl sites for hydroxylation is 2. The summed E-state index contributed by atoms with van der Waals surface area (Å²) in [6.07, 6.45) is 0. The molecule has 0 spiro atoms. The normalized spacial score (nSPS) is 11.6. The van der Waals surface area contributed by atoms with E-state index < -0.39 is 10.1 Å². The fourth-order valence-electron chi connectivity index (χ4n) is 1.18. The second kappa shape index (κ2) is 2.97. The molecule has 5 nitrogen and oxygen atoms in total. The summed E-state index contributed by atoms with van der Waals surface area (Å²) in [6.45, 7) is 3.17. The Morgan fingerprint density at radius 2 is 2.00 bits per heavy atom. The van der Waals surface area contributed by atoms with Gasteiger partial charge in [0.2, 0.25) is 0 Å². The van der Waals surface area contributed by atoms with E-state index in [-0.39, 0.29) is 16.3 Å². The Labute approximate surface area is 76.3 Å². The second-order valence-corrected chi connectivity index (χ2v) is 4.10. The molecule has 0 aliphatic carbocycles. The first-order valence-corrected chi connectivity index (χ1v) is 4.97. The second-order valence-electron chi connectivity index (χ2n) is 2.74. The molecule has 0 aliphatic rings. The monoisotopic (exact) mass is 202 g/mol. The number of pyridine rings is 1. The zero-order chi connectivity index (χ0) is 10.2. The summed E-state index contributed by atoms with van der Waals surface area (Å²) in [5.74, 6) is 0. The number of anilines is 1. The van der Waals surface area contributed by atoms with Gasteiger partial charge in [-0.25, -0.2) is 0 Å². The molecule has 0 saturated carbocycles. The molecule has 0 radical (unpaired) electrons. The molecule has 0 aromatic carbocycles. The molecule has 1 aromatic rings. The molecule has 0 amide bonds. The molecule has 3 N–H and O–H groups in total. The van der Waals surface area contributed by atoms with Crippen LogP contribution in [0.15, 0.2) is 11.0 Å². The Hall–Kier alpha value is -1.14. The van der Waals surface area contributed by atoms with Gasteiger partial charge in [0.15, 0.2) is 0 Å². The van der Waals surface area contributed by atoms with Crippen LogP contribution in [-0.2, 0) is 10.1 Å². The van der Waals surface area contributed by atoms with Crippen molar-refractivity contribution in [1.82, 2.24) is 4.98 Å². The van der Waals surface area contributed by atoms with Crippen molar-refractivity contribution in [2.24, 2.45) is 0 Å². The van der Waals surface area contributed by atoms with Crippen LogP contribution in [0.5, 0.6) is 0 Å². The standard InChI is InChI=1S/C7H10N2O3S/c1-4-3-6(8)7(5(2)9-4)13(10,11)12/h3H,1-2H3,(H2,8,9)(H,10,11,12). The SMILES string of the molecule is Cc1cc(N)c(S(=O)(=O)O)c(C)n1. The molecule has 0 unspecified atom stereocenters. The Balaban J connectivity index is 3.57. The molecule has 72 valence electrons. The van der Waals surface area contributed by atoms with Crippen molar-refractivity contribution in [3.63, 3.8) is 0 Å². The third-order valence-corrected chi connectivity index (χ3v) is 2.60. The minimum absolute atomic E-state index is 0.0208. The minimum Gasteiger partial charge on any atom is -0.397 e. The van der Waals surface area contributed by atoms with Crippen molar-refractivity contribution < 1.29 is 13.0 Å². The van der Waals surface area contributed by atoms with Gasteiger partial charge in [-0.2, -0.15) is 8.42 Å². The predicted molar refractivity (Wildman–Crippen MR) is 47.9 cm³/mol. The third kappa shape index (κ3) is 1.96. The van der Waals surface area contributed by atoms with Crippen LogP contribution in [0.4, 0.5) is 5.69 Å². The number of nitrogen functional groups attached to an aromatic ring is 1. The van der Waals surface area contributed by atoms with E-state index in [1.165, 1.54) is 13.0 Å². The molecule has 1 rings (SSSR count). The van der Waals surface area contributed by atoms with Gasteiger partial charge < -0.3 is 5.73 Å². The van der Waals surface area contributed by atoms with E-state index >= 15 is 0 Å². The van der Waals surface area contributed by atoms with Gasteiger partial charge in [-0.3, -0.25) is 9.54 Å². The number of hydrogen-bond donors (Lipinski definition) is 2. The van der Waals surface area contributed by atoms with E-state index in [0.717, 1.165) is 0 Å². The molecular weight excluding hydrogens is 192 g/mol. The van der Waals surface area contributed by atoms with Crippen LogP contribution in [0.3, 0.4) is 0 Å². The van der Waals surface area contributed by atoms with Crippen molar-refractivity contribution in [3.8, 4) is 0 Å². The average Bonchev–Trinajstić information content (AvgIpc) is 1.78. The Morgan fingerprint density at radius 3 is 2.38 bits per heavy atom. The summed E-state index contributed by atoms with van der Waals surface area (Å²) >= 11 is 0. The Kier molecular flexibility index (Phi) is 2.27. The lowest BCUT2D eigenvalue weighted by molar-refractivity contribution is 0.482. The largest absolute Gasteiger partial charge is 0.397 e. The van der Waals surface area contributed by atoms with Crippen LogP contribution < -0.4 is 5.73 Å². The lowest BCUT2D eigenvalue weighted by atomic mass is 10.3. The average molecular weight is 202 g/mol. The topological polar surface area (TPSA) is 93.3 Å². The number of rotatable bonds is 1. The maximum absolute atomic E-state index is 10.8. The number of nitrogens with two attached hydrogens (primary N) is 1. The van der Waals surface area contributed by atoms with Gasteiger partial charge in [0, 0.05) is 5.69 Å². The van der Waals surface area contributed by atoms with Gasteiger partial charge in [-0.15, -0.1) is 0 Å². The van der Waals surface area contributed by atoms with Crippen LogP contribution >= 0.6 is 0 Å². The van der Waals surface area contributed by atoms with Gasteiger partial charge in [-0.05, 0) is 19.9 Å². The molecule has 1 heterocycles. The highest BCUT2D eigenvalue weighted by molar-refractivity contribution is 7.86. The summed E-state index contributed by atoms with van der Waals surface area (Å²) in [5.41, 5.74) is 6.27. The third-order valence-electron chi connectivity index (χ3n) is 1.56. The van der Waals surface area contributed by atoms with E-state index in [4.69, 9.17) is 10.3 Å². The van der Waals surface area contributed by atoms with E-state index in [2.05, 4.69) is 4.98 Å². The smallest absolute Gasteiger partial charge is 0.298 e. The maximum atomic E-state index is 10.8. The molecule has 0 aliphatic heterocycles. The number of nitrogens with zero attached hydrogens (tertiary/aromatic N) is 1. The zero-order valence-corrected chi connectivity index (χ0v) is 8.09. The van der Waals surface area contributed by atoms with Crippen LogP contribution in [0.2, 0.25) is 0 Å². The van der Waals surface area contributed by atoms with Gasteiger partial charge in [0.25, 0.3) is 10.1 Å². The summed E-state index contributed by atoms with van der Waals surface area (Å²) in [5, 5.41) is 0. The fourth-order valence-corrected chi connectivity index (χ4v) is 1.96. The van der Waals surface area contributed by atoms with E-state index in [1.54, 1.807) is 6.92 Å². The number of aromatic nitrogens is 1. The fraction of sp³-hybridized carbons (Fsp3) is 0.286. The van der Waals surface area contributed by atoms with Crippen molar-refractivity contribution in [2.45, 2.75) is 18.7 Å². The lowest BCUT2D eigenvalue weighted by Gasteiger charge is -2.06. The maximum Gasteiger partial charge on any atom is 0.298 e. The van der Waals surface area contributed by atoms with E-state index in [1.807, 2.05) is 0 Å². The van der Waals surface area contributed by atoms with E-state index in [0.29, 0.717) is 5.69 Å². The molecule has 1 aromatic heterocycles. The van der Waals surface area contributed by atoms with Crippen molar-refractivity contribution in [2.75, 3.05) is 5.73 Å². The Morgan fingerprint density at radius 1 is 1.46 bits per heavy atom. The first-order chi connectivity index (χ1) is 5.82. The van der Waals surface area contributed by atoms with Crippen molar-refractivity contribution in [1.29, 1.82) is 0 Å². The molecule has 0 saturated heterocycles. The quantitative estimate of drug-likeness (QED) is 0.648. The van der Waals surface area contributed by atoms with Crippen LogP contribution in [0, 0.1) is 13.8 Å². The molecule has 6 heteroatoms. The van der Waals surface area contributed by atoms with Gasteiger partial charge in [-0.1, -0.05) is 0 Å². The summed E-state index contributed by atoms with van der Waals surface area (Å²) in [6, 6.07) is 1.40. The predicted octanol–water partition coefficient (Wildman–Crippen LogP) is 0.527. The summed E-state index contributed by atoms with van der Waals surface area (Å²) < 4.78 is 30.4. The van der Waals surface area contributed by atoms with Gasteiger partial charge >= 0.3 is 0 Å². The summed E-state index contributed by atoms with van der Waals surface area (Å²) in [7, 11) is -4.27. The van der Waals surface area contributed by atoms with Gasteiger partial charge in [0.05, 0.1) is 11.4 Å². The van der Waals surface area contributed by atoms with Crippen LogP contribution in [-0.4, -0.2) is 18.0 Å². The first kappa shape index (κ1) is 9.94. The molecule has 0 fully saturated rings. The van der Waals surface area contributed by atoms with E-state index in [9.17, 15) is 8.42 Å². The number of hydrogen-bond acceptors (Lipinski definition) is 4. The summed E-state index contributed by atoms with van der Waals surface area (Å²) in [4.78, 5) is 3.57.